The van der Waals surface area contributed by atoms with Crippen molar-refractivity contribution in [1.82, 2.24) is 25.1 Å². The van der Waals surface area contributed by atoms with Gasteiger partial charge in [-0.15, -0.1) is 0 Å². The van der Waals surface area contributed by atoms with E-state index in [1.165, 1.54) is 5.56 Å². The summed E-state index contributed by atoms with van der Waals surface area (Å²) < 4.78 is 0. The summed E-state index contributed by atoms with van der Waals surface area (Å²) in [5.41, 5.74) is 11.9. The molecule has 0 radical (unpaired) electrons. The van der Waals surface area contributed by atoms with Gasteiger partial charge in [-0.2, -0.15) is 0 Å². The number of carbonyl (C=O) groups is 4. The number of hydrogen-bond donors (Lipinski definition) is 3. The fourth-order valence-electron chi connectivity index (χ4n) is 7.41. The highest BCUT2D eigenvalue weighted by Gasteiger charge is 2.44. The van der Waals surface area contributed by atoms with Gasteiger partial charge in [0.15, 0.2) is 0 Å². The number of carbonyl (C=O) groups excluding carboxylic acids is 4. The van der Waals surface area contributed by atoms with Gasteiger partial charge in [-0.05, 0) is 113 Å². The number of nitrogens with zero attached hydrogens (tertiary/aromatic N) is 5. The second kappa shape index (κ2) is 13.9. The van der Waals surface area contributed by atoms with Crippen molar-refractivity contribution >= 4 is 52.1 Å². The number of imide groups is 2. The normalized spacial score (nSPS) is 23.7. The first-order valence-electron chi connectivity index (χ1n) is 17.3. The van der Waals surface area contributed by atoms with Crippen LogP contribution in [0.2, 0.25) is 0 Å². The molecule has 4 amide bonds. The molecule has 4 heterocycles. The van der Waals surface area contributed by atoms with Crippen molar-refractivity contribution in [3.63, 3.8) is 0 Å². The molecule has 3 fully saturated rings. The SMILES string of the molecule is CN1CCC(c2ccc3ncc(C(C=NC4CC(CCCNc5ccc6c(c5)C(=O)N(C5CCC(=O)NC5=O)C6=O)C4)=CN)nc3c2)CC1. The molecule has 1 unspecified atom stereocenters. The van der Waals surface area contributed by atoms with Gasteiger partial charge in [0, 0.05) is 36.6 Å². The highest BCUT2D eigenvalue weighted by atomic mass is 16.2. The fourth-order valence-corrected chi connectivity index (χ4v) is 7.41. The van der Waals surface area contributed by atoms with Gasteiger partial charge in [-0.3, -0.25) is 39.4 Å². The van der Waals surface area contributed by atoms with E-state index in [-0.39, 0.29) is 30.0 Å². The molecule has 1 aliphatic carbocycles. The maximum atomic E-state index is 13.1. The van der Waals surface area contributed by atoms with Crippen LogP contribution in [0.3, 0.4) is 0 Å². The van der Waals surface area contributed by atoms with Crippen LogP contribution < -0.4 is 16.4 Å². The molecule has 4 N–H and O–H groups in total. The number of anilines is 1. The third-order valence-corrected chi connectivity index (χ3v) is 10.4. The lowest BCUT2D eigenvalue weighted by Gasteiger charge is -2.32. The smallest absolute Gasteiger partial charge is 0.262 e. The van der Waals surface area contributed by atoms with Gasteiger partial charge in [0.05, 0.1) is 40.1 Å². The van der Waals surface area contributed by atoms with Crippen molar-refractivity contribution in [2.24, 2.45) is 16.6 Å². The van der Waals surface area contributed by atoms with E-state index in [1.807, 2.05) is 6.21 Å². The lowest BCUT2D eigenvalue weighted by atomic mass is 9.78. The van der Waals surface area contributed by atoms with E-state index in [0.29, 0.717) is 11.8 Å². The number of likely N-dealkylation sites (tertiary alicyclic amines) is 1. The Bertz CT molecular complexity index is 1860. The van der Waals surface area contributed by atoms with Crippen LogP contribution in [0.1, 0.15) is 89.3 Å². The number of benzene rings is 2. The molecule has 7 rings (SSSR count). The molecule has 49 heavy (non-hydrogen) atoms. The quantitative estimate of drug-likeness (QED) is 0.166. The number of piperidine rings is 2. The standard InChI is InChI=1S/C37H42N8O4/c1-44-13-10-23(11-14-44)24-4-7-30-31(17-24)42-32(21-41-30)25(19-38)20-40-27-15-22(16-27)3-2-12-39-26-5-6-28-29(18-26)37(49)45(36(28)48)33-8-9-34(46)43-35(33)47/h4-7,17-23,27,33,39H,2-3,8-16,38H2,1H3,(H,43,46,47). The van der Waals surface area contributed by atoms with Gasteiger partial charge < -0.3 is 16.0 Å². The van der Waals surface area contributed by atoms with Crippen LogP contribution in [0.15, 0.2) is 53.8 Å². The van der Waals surface area contributed by atoms with Crippen LogP contribution in [-0.4, -0.2) is 88.4 Å². The summed E-state index contributed by atoms with van der Waals surface area (Å²) in [6, 6.07) is 10.8. The second-order valence-electron chi connectivity index (χ2n) is 13.7. The van der Waals surface area contributed by atoms with E-state index in [1.54, 1.807) is 30.6 Å². The molecule has 3 aliphatic heterocycles. The number of amides is 4. The number of nitrogens with one attached hydrogen (secondary N) is 2. The fraction of sp³-hybridized carbons (Fsp3) is 0.432. The predicted molar refractivity (Wildman–Crippen MR) is 187 cm³/mol. The average Bonchev–Trinajstić information content (AvgIpc) is 3.33. The lowest BCUT2D eigenvalue weighted by Crippen LogP contribution is -2.54. The maximum absolute atomic E-state index is 13.1. The summed E-state index contributed by atoms with van der Waals surface area (Å²) in [5.74, 6) is -0.864. The van der Waals surface area contributed by atoms with Crippen LogP contribution >= 0.6 is 0 Å². The van der Waals surface area contributed by atoms with Crippen LogP contribution in [0.4, 0.5) is 5.69 Å². The van der Waals surface area contributed by atoms with E-state index in [9.17, 15) is 19.2 Å². The van der Waals surface area contributed by atoms with E-state index in [4.69, 9.17) is 15.7 Å². The Hall–Kier alpha value is -4.97. The molecule has 0 bridgehead atoms. The predicted octanol–water partition coefficient (Wildman–Crippen LogP) is 3.88. The zero-order chi connectivity index (χ0) is 34.1. The van der Waals surface area contributed by atoms with E-state index < -0.39 is 29.7 Å². The zero-order valence-electron chi connectivity index (χ0n) is 27.7. The van der Waals surface area contributed by atoms with Gasteiger partial charge >= 0.3 is 0 Å². The van der Waals surface area contributed by atoms with Crippen LogP contribution in [0.25, 0.3) is 16.6 Å². The van der Waals surface area contributed by atoms with Gasteiger partial charge in [0.25, 0.3) is 11.8 Å². The Morgan fingerprint density at radius 3 is 2.59 bits per heavy atom. The molecule has 254 valence electrons. The Kier molecular flexibility index (Phi) is 9.22. The number of nitrogens with two attached hydrogens (primary N) is 1. The molecule has 12 heteroatoms. The summed E-state index contributed by atoms with van der Waals surface area (Å²) in [4.78, 5) is 67.6. The van der Waals surface area contributed by atoms with Gasteiger partial charge in [0.1, 0.15) is 6.04 Å². The number of hydrogen-bond acceptors (Lipinski definition) is 10. The molecule has 2 aromatic carbocycles. The number of rotatable bonds is 10. The van der Waals surface area contributed by atoms with Crippen LogP contribution in [0.5, 0.6) is 0 Å². The molecule has 1 atom stereocenters. The lowest BCUT2D eigenvalue weighted by molar-refractivity contribution is -0.136. The van der Waals surface area contributed by atoms with Crippen molar-refractivity contribution in [3.05, 3.63) is 71.2 Å². The third kappa shape index (κ3) is 6.82. The summed E-state index contributed by atoms with van der Waals surface area (Å²) in [6.07, 6.45) is 11.7. The first-order valence-corrected chi connectivity index (χ1v) is 17.3. The van der Waals surface area contributed by atoms with E-state index in [0.717, 1.165) is 91.0 Å². The Balaban J connectivity index is 0.870. The molecule has 1 saturated carbocycles. The Morgan fingerprint density at radius 2 is 1.82 bits per heavy atom. The molecular formula is C37H42N8O4. The van der Waals surface area contributed by atoms with Gasteiger partial charge in [-0.1, -0.05) is 6.07 Å². The van der Waals surface area contributed by atoms with Crippen LogP contribution in [-0.2, 0) is 9.59 Å². The van der Waals surface area contributed by atoms with Gasteiger partial charge in [0.2, 0.25) is 11.8 Å². The highest BCUT2D eigenvalue weighted by molar-refractivity contribution is 6.23. The largest absolute Gasteiger partial charge is 0.404 e. The number of aliphatic imine (C=N–C) groups is 1. The van der Waals surface area contributed by atoms with Crippen molar-refractivity contribution < 1.29 is 19.2 Å². The van der Waals surface area contributed by atoms with Crippen molar-refractivity contribution in [2.45, 2.75) is 69.4 Å². The highest BCUT2D eigenvalue weighted by Crippen LogP contribution is 2.35. The molecule has 2 saturated heterocycles. The second-order valence-corrected chi connectivity index (χ2v) is 13.7. The zero-order valence-corrected chi connectivity index (χ0v) is 27.7. The maximum Gasteiger partial charge on any atom is 0.262 e. The average molecular weight is 663 g/mol. The van der Waals surface area contributed by atoms with Crippen molar-refractivity contribution in [3.8, 4) is 0 Å². The molecule has 0 spiro atoms. The van der Waals surface area contributed by atoms with Gasteiger partial charge in [-0.25, -0.2) is 4.98 Å². The number of aromatic nitrogens is 2. The number of allylic oxidation sites excluding steroid dienone is 1. The molecule has 3 aromatic rings. The summed E-state index contributed by atoms with van der Waals surface area (Å²) >= 11 is 0. The molecular weight excluding hydrogens is 620 g/mol. The summed E-state index contributed by atoms with van der Waals surface area (Å²) in [7, 11) is 2.18. The van der Waals surface area contributed by atoms with E-state index >= 15 is 0 Å². The monoisotopic (exact) mass is 662 g/mol. The Morgan fingerprint density at radius 1 is 1.02 bits per heavy atom. The molecule has 12 nitrogen and oxygen atoms in total. The van der Waals surface area contributed by atoms with E-state index in [2.05, 4.69) is 45.8 Å². The summed E-state index contributed by atoms with van der Waals surface area (Å²) in [6.45, 7) is 2.95. The first-order chi connectivity index (χ1) is 23.8. The van der Waals surface area contributed by atoms with Crippen LogP contribution in [0, 0.1) is 5.92 Å². The minimum Gasteiger partial charge on any atom is -0.404 e. The van der Waals surface area contributed by atoms with Crippen molar-refractivity contribution in [2.75, 3.05) is 32.0 Å². The minimum absolute atomic E-state index is 0.0939. The number of fused-ring (bicyclic) bond motifs is 2. The Labute approximate surface area is 285 Å². The first kappa shape index (κ1) is 32.6. The minimum atomic E-state index is -0.968. The molecule has 4 aliphatic rings. The topological polar surface area (TPSA) is 163 Å². The molecule has 1 aromatic heterocycles. The summed E-state index contributed by atoms with van der Waals surface area (Å²) in [5, 5.41) is 5.59. The third-order valence-electron chi connectivity index (χ3n) is 10.4. The van der Waals surface area contributed by atoms with Crippen molar-refractivity contribution in [1.29, 1.82) is 0 Å².